The van der Waals surface area contributed by atoms with Crippen LogP contribution in [0.1, 0.15) is 0 Å². The van der Waals surface area contributed by atoms with Crippen molar-refractivity contribution in [3.63, 3.8) is 0 Å². The third-order valence-corrected chi connectivity index (χ3v) is 3.81. The summed E-state index contributed by atoms with van der Waals surface area (Å²) in [6.07, 6.45) is 3.84. The van der Waals surface area contributed by atoms with E-state index in [1.54, 1.807) is 11.3 Å². The molecule has 0 N–H and O–H groups in total. The van der Waals surface area contributed by atoms with Crippen LogP contribution in [-0.4, -0.2) is 9.38 Å². The van der Waals surface area contributed by atoms with Gasteiger partial charge in [-0.2, -0.15) is 11.3 Å². The molecule has 0 spiro atoms. The minimum Gasteiger partial charge on any atom is -0.339 e. The summed E-state index contributed by atoms with van der Waals surface area (Å²) in [5, 5.41) is 4.46. The van der Waals surface area contributed by atoms with Gasteiger partial charge in [-0.3, -0.25) is 4.98 Å². The molecule has 0 aliphatic heterocycles. The van der Waals surface area contributed by atoms with E-state index in [-0.39, 0.29) is 20.1 Å². The normalized spacial score (nSPS) is 11.1. The van der Waals surface area contributed by atoms with Crippen LogP contribution in [0.3, 0.4) is 0 Å². The first-order valence-corrected chi connectivity index (χ1v) is 5.96. The Bertz CT molecular complexity index is 747. The zero-order valence-electron chi connectivity index (χ0n) is 8.68. The molecule has 1 radical (unpaired) electrons. The number of nitrogens with zero attached hydrogens (tertiary/aromatic N) is 2. The van der Waals surface area contributed by atoms with Crippen LogP contribution in [0.2, 0.25) is 0 Å². The second kappa shape index (κ2) is 3.91. The summed E-state index contributed by atoms with van der Waals surface area (Å²) >= 11 is 1.77. The van der Waals surface area contributed by atoms with Crippen molar-refractivity contribution in [3.8, 4) is 0 Å². The molecule has 3 aromatic heterocycles. The van der Waals surface area contributed by atoms with E-state index < -0.39 is 0 Å². The van der Waals surface area contributed by atoms with Gasteiger partial charge in [0.15, 0.2) is 0 Å². The molecule has 0 saturated carbocycles. The molecule has 0 amide bonds. The predicted octanol–water partition coefficient (Wildman–Crippen LogP) is 3.50. The van der Waals surface area contributed by atoms with Gasteiger partial charge in [-0.1, -0.05) is 10.8 Å². The fourth-order valence-corrected chi connectivity index (χ4v) is 3.10. The summed E-state index contributed by atoms with van der Waals surface area (Å²) < 4.78 is 3.43. The first-order chi connectivity index (χ1) is 7.95. The van der Waals surface area contributed by atoms with Crippen LogP contribution >= 0.6 is 11.3 Å². The number of aromatic nitrogens is 2. The van der Waals surface area contributed by atoms with Gasteiger partial charge in [0, 0.05) is 42.7 Å². The van der Waals surface area contributed by atoms with Gasteiger partial charge in [0.05, 0.1) is 5.65 Å². The van der Waals surface area contributed by atoms with E-state index in [0.29, 0.717) is 0 Å². The molecule has 0 atom stereocenters. The number of pyridine rings is 1. The summed E-state index contributed by atoms with van der Waals surface area (Å²) in [4.78, 5) is 4.41. The van der Waals surface area contributed by atoms with Crippen molar-refractivity contribution in [2.75, 3.05) is 0 Å². The molecule has 4 rings (SSSR count). The number of hydrogen-bond acceptors (Lipinski definition) is 2. The molecule has 0 aliphatic carbocycles. The first-order valence-electron chi connectivity index (χ1n) is 5.08. The summed E-state index contributed by atoms with van der Waals surface area (Å²) in [7, 11) is 0. The van der Waals surface area contributed by atoms with E-state index in [0.717, 1.165) is 11.0 Å². The molecule has 3 heterocycles. The van der Waals surface area contributed by atoms with Crippen molar-refractivity contribution < 1.29 is 20.1 Å². The van der Waals surface area contributed by atoms with Crippen LogP contribution in [0, 0.1) is 6.07 Å². The van der Waals surface area contributed by atoms with Gasteiger partial charge >= 0.3 is 0 Å². The average Bonchev–Trinajstić information content (AvgIpc) is 2.98. The summed E-state index contributed by atoms with van der Waals surface area (Å²) in [6.45, 7) is 0. The zero-order valence-corrected chi connectivity index (χ0v) is 11.9. The standard InChI is InChI=1S/C13H7N2S.Ir/c1-2-4-10-9(3-1)12-11(5-8-16-12)15-7-6-14-13(10)15;/h1-3,5-8H;/q-1;. The monoisotopic (exact) mass is 416 g/mol. The SMILES string of the molecule is [Ir].[c-]1cccc2c1c1nccn1c1ccsc21. The molecular weight excluding hydrogens is 408 g/mol. The third kappa shape index (κ3) is 1.38. The maximum absolute atomic E-state index is 4.41. The number of fused-ring (bicyclic) bond motifs is 6. The van der Waals surface area contributed by atoms with Gasteiger partial charge in [0.2, 0.25) is 0 Å². The molecule has 0 bridgehead atoms. The van der Waals surface area contributed by atoms with Crippen LogP contribution in [-0.2, 0) is 20.1 Å². The largest absolute Gasteiger partial charge is 0.339 e. The molecule has 1 aromatic carbocycles. The number of hydrogen-bond donors (Lipinski definition) is 0. The smallest absolute Gasteiger partial charge is 0.0609 e. The van der Waals surface area contributed by atoms with Gasteiger partial charge in [-0.25, -0.2) is 0 Å². The van der Waals surface area contributed by atoms with Crippen molar-refractivity contribution in [2.45, 2.75) is 0 Å². The van der Waals surface area contributed by atoms with E-state index in [2.05, 4.69) is 33.0 Å². The van der Waals surface area contributed by atoms with Crippen LogP contribution < -0.4 is 0 Å². The van der Waals surface area contributed by atoms with Gasteiger partial charge in [-0.15, -0.1) is 24.3 Å². The van der Waals surface area contributed by atoms with E-state index in [4.69, 9.17) is 0 Å². The van der Waals surface area contributed by atoms with E-state index in [1.165, 1.54) is 15.6 Å². The Kier molecular flexibility index (Phi) is 2.51. The Morgan fingerprint density at radius 1 is 1.29 bits per heavy atom. The Morgan fingerprint density at radius 2 is 2.24 bits per heavy atom. The van der Waals surface area contributed by atoms with E-state index >= 15 is 0 Å². The molecule has 4 heteroatoms. The molecule has 0 unspecified atom stereocenters. The molecule has 17 heavy (non-hydrogen) atoms. The molecule has 0 fully saturated rings. The van der Waals surface area contributed by atoms with Gasteiger partial charge < -0.3 is 4.40 Å². The van der Waals surface area contributed by atoms with Crippen molar-refractivity contribution in [1.82, 2.24) is 9.38 Å². The fraction of sp³-hybridized carbons (Fsp3) is 0. The maximum atomic E-state index is 4.41. The van der Waals surface area contributed by atoms with Crippen LogP contribution in [0.5, 0.6) is 0 Å². The maximum Gasteiger partial charge on any atom is 0.0609 e. The zero-order chi connectivity index (χ0) is 10.5. The van der Waals surface area contributed by atoms with Gasteiger partial charge in [-0.05, 0) is 11.4 Å². The number of rotatable bonds is 0. The second-order valence-corrected chi connectivity index (χ2v) is 4.63. The van der Waals surface area contributed by atoms with E-state index in [9.17, 15) is 0 Å². The van der Waals surface area contributed by atoms with Gasteiger partial charge in [0.1, 0.15) is 0 Å². The van der Waals surface area contributed by atoms with E-state index in [1.807, 2.05) is 24.5 Å². The number of thiophene rings is 1. The summed E-state index contributed by atoms with van der Waals surface area (Å²) in [6, 6.07) is 11.5. The van der Waals surface area contributed by atoms with Crippen LogP contribution in [0.4, 0.5) is 0 Å². The second-order valence-electron chi connectivity index (χ2n) is 3.71. The van der Waals surface area contributed by atoms with Crippen LogP contribution in [0.15, 0.2) is 42.0 Å². The molecule has 2 nitrogen and oxygen atoms in total. The van der Waals surface area contributed by atoms with Crippen molar-refractivity contribution in [2.24, 2.45) is 0 Å². The minimum atomic E-state index is 0. The Labute approximate surface area is 115 Å². The fourth-order valence-electron chi connectivity index (χ4n) is 2.19. The van der Waals surface area contributed by atoms with Crippen molar-refractivity contribution in [1.29, 1.82) is 0 Å². The van der Waals surface area contributed by atoms with Crippen LogP contribution in [0.25, 0.3) is 26.6 Å². The first kappa shape index (κ1) is 10.9. The molecule has 85 valence electrons. The minimum absolute atomic E-state index is 0. The topological polar surface area (TPSA) is 17.3 Å². The Morgan fingerprint density at radius 3 is 3.18 bits per heavy atom. The van der Waals surface area contributed by atoms with Gasteiger partial charge in [0.25, 0.3) is 0 Å². The molecule has 4 aromatic rings. The molecular formula is C13H7IrN2S-. The quantitative estimate of drug-likeness (QED) is 0.402. The number of benzene rings is 1. The predicted molar refractivity (Wildman–Crippen MR) is 66.9 cm³/mol. The summed E-state index contributed by atoms with van der Waals surface area (Å²) in [5.41, 5.74) is 2.21. The Hall–Kier alpha value is -1.22. The Balaban J connectivity index is 0.000000902. The van der Waals surface area contributed by atoms with Crippen molar-refractivity contribution >= 4 is 38.0 Å². The number of imidazole rings is 1. The third-order valence-electron chi connectivity index (χ3n) is 2.87. The molecule has 0 aliphatic rings. The molecule has 0 saturated heterocycles. The van der Waals surface area contributed by atoms with Crippen molar-refractivity contribution in [3.05, 3.63) is 48.1 Å². The summed E-state index contributed by atoms with van der Waals surface area (Å²) in [5.74, 6) is 0. The average molecular weight is 415 g/mol.